The van der Waals surface area contributed by atoms with Crippen molar-refractivity contribution in [2.24, 2.45) is 50.2 Å². The number of fused-ring (bicyclic) bond motifs is 7. The van der Waals surface area contributed by atoms with Crippen LogP contribution in [0.2, 0.25) is 0 Å². The van der Waals surface area contributed by atoms with Crippen molar-refractivity contribution < 1.29 is 129 Å². The Morgan fingerprint density at radius 3 is 1.81 bits per heavy atom. The summed E-state index contributed by atoms with van der Waals surface area (Å²) in [5.41, 5.74) is -3.09. The van der Waals surface area contributed by atoms with Crippen molar-refractivity contribution in [2.75, 3.05) is 19.8 Å². The fourth-order valence-electron chi connectivity index (χ4n) is 17.2. The van der Waals surface area contributed by atoms with Crippen LogP contribution in [0.15, 0.2) is 23.3 Å². The van der Waals surface area contributed by atoms with E-state index in [2.05, 4.69) is 26.8 Å². The summed E-state index contributed by atoms with van der Waals surface area (Å²) in [7, 11) is 0. The molecule has 0 radical (unpaired) electrons. The number of carbonyl (C=O) groups is 2. The van der Waals surface area contributed by atoms with E-state index in [4.69, 9.17) is 42.6 Å². The molecule has 0 amide bonds. The molecule has 26 nitrogen and oxygen atoms in total. The Bertz CT molecular complexity index is 2460. The highest BCUT2D eigenvalue weighted by Gasteiger charge is 2.73. The number of allylic oxidation sites excluding steroid dienone is 3. The zero-order chi connectivity index (χ0) is 62.7. The minimum absolute atomic E-state index is 0.00350. The van der Waals surface area contributed by atoms with Crippen LogP contribution in [0, 0.1) is 50.2 Å². The number of rotatable bonds is 14. The van der Waals surface area contributed by atoms with E-state index in [9.17, 15) is 86.2 Å². The molecule has 4 aliphatic heterocycles. The summed E-state index contributed by atoms with van der Waals surface area (Å²) in [4.78, 5) is 26.4. The van der Waals surface area contributed by atoms with Crippen LogP contribution in [0.4, 0.5) is 0 Å². The van der Waals surface area contributed by atoms with Gasteiger partial charge < -0.3 is 119 Å². The quantitative estimate of drug-likeness (QED) is 0.0387. The molecule has 4 heterocycles. The summed E-state index contributed by atoms with van der Waals surface area (Å²) in [5.74, 6) is -2.89. The van der Waals surface area contributed by atoms with E-state index in [1.54, 1.807) is 19.9 Å². The predicted molar refractivity (Wildman–Crippen MR) is 289 cm³/mol. The molecule has 17 unspecified atom stereocenters. The van der Waals surface area contributed by atoms with Crippen molar-refractivity contribution in [2.45, 2.75) is 261 Å². The molecule has 9 rings (SSSR count). The lowest BCUT2D eigenvalue weighted by Gasteiger charge is -2.72. The molecule has 31 atom stereocenters. The summed E-state index contributed by atoms with van der Waals surface area (Å²) >= 11 is 0. The van der Waals surface area contributed by atoms with Gasteiger partial charge in [0.2, 0.25) is 0 Å². The van der Waals surface area contributed by atoms with Crippen LogP contribution >= 0.6 is 0 Å². The minimum atomic E-state index is -2.26. The van der Waals surface area contributed by atoms with Gasteiger partial charge in [0.15, 0.2) is 31.3 Å². The van der Waals surface area contributed by atoms with Gasteiger partial charge in [-0.15, -0.1) is 0 Å². The van der Waals surface area contributed by atoms with E-state index in [0.717, 1.165) is 5.57 Å². The first-order chi connectivity index (χ1) is 39.6. The topological polar surface area (TPSA) is 421 Å². The first-order valence-corrected chi connectivity index (χ1v) is 30.0. The Morgan fingerprint density at radius 1 is 0.624 bits per heavy atom. The number of aliphatic hydroxyl groups is 14. The standard InChI is InChI=1S/C59H94O26/c1-11-23(2)49(76)77-22-59-26(18-54(4,5)46(72)47(59)73)25-12-13-30-56(8)16-15-32(55(6,7)29(56)14-17-57(30,9)58(25,10)19-31(59)62)81-53-45(85-51-39(69)37(67)34(64)27(20-60)79-51)43(40(70)44(84-53)48(74)75)83-52-41(71)42(35(65)28(21-61)80-52)82-50-38(68)36(66)33(63)24(3)78-50/h11-12,24,26-47,50-53,60-73H,13-22H2,1-10H3,(H,74,75)/b23-11+/t24?,26?,27?,28-,29+,30-,31-,32?,33+,34-,35+,36?,37?,38?,39-,40?,41?,42+,43+,44+,45?,46?,47+,50?,51+,52?,53?,56?,57?,58-,59?/m1/s1. The molecular formula is C59H94O26. The number of hydrogen-bond acceptors (Lipinski definition) is 25. The largest absolute Gasteiger partial charge is 0.479 e. The van der Waals surface area contributed by atoms with E-state index in [-0.39, 0.29) is 24.9 Å². The van der Waals surface area contributed by atoms with E-state index in [0.29, 0.717) is 44.1 Å². The van der Waals surface area contributed by atoms with Crippen molar-refractivity contribution in [1.29, 1.82) is 0 Å². The Labute approximate surface area is 494 Å². The Kier molecular flexibility index (Phi) is 19.1. The number of carbonyl (C=O) groups excluding carboxylic acids is 1. The Morgan fingerprint density at radius 2 is 1.20 bits per heavy atom. The molecule has 5 aliphatic carbocycles. The maximum atomic E-state index is 13.2. The molecule has 0 aromatic heterocycles. The van der Waals surface area contributed by atoms with Crippen LogP contribution in [0.1, 0.15) is 114 Å². The van der Waals surface area contributed by atoms with Gasteiger partial charge in [0.1, 0.15) is 92.1 Å². The molecule has 0 aromatic rings. The van der Waals surface area contributed by atoms with E-state index >= 15 is 0 Å². The molecule has 85 heavy (non-hydrogen) atoms. The SMILES string of the molecule is C/C=C(\C)C(=O)OCC12C(CC(C)(C)C(O)[C@@H]1O)C1=CC[C@@H]3C4(C)CCC(OC5O[C@H](C(=O)O)C(O)[C@H](OC6O[C@H](CO)[C@H](O)[C@H](OC7OC(C)[C@H](O)C(O)C7O)C6O)C5O[C@@H]5OC(CO)[C@@H](O)C(O)[C@H]5O)C(C)(C)[C@@H]4CCC3(C)[C@]1(C)C[C@H]2O. The van der Waals surface area contributed by atoms with Gasteiger partial charge in [-0.1, -0.05) is 66.2 Å². The summed E-state index contributed by atoms with van der Waals surface area (Å²) in [6.45, 7) is 17.1. The fourth-order valence-corrected chi connectivity index (χ4v) is 17.2. The number of carboxylic acids is 1. The van der Waals surface area contributed by atoms with Crippen LogP contribution < -0.4 is 0 Å². The highest BCUT2D eigenvalue weighted by molar-refractivity contribution is 5.87. The van der Waals surface area contributed by atoms with Crippen molar-refractivity contribution in [3.8, 4) is 0 Å². The normalized spacial score (nSPS) is 52.4. The molecule has 486 valence electrons. The molecule has 4 saturated heterocycles. The van der Waals surface area contributed by atoms with Gasteiger partial charge in [-0.2, -0.15) is 0 Å². The van der Waals surface area contributed by atoms with Crippen LogP contribution in [-0.4, -0.2) is 256 Å². The lowest BCUT2D eigenvalue weighted by atomic mass is 9.33. The van der Waals surface area contributed by atoms with Crippen LogP contribution in [-0.2, 0) is 52.2 Å². The smallest absolute Gasteiger partial charge is 0.335 e. The first kappa shape index (κ1) is 66.9. The van der Waals surface area contributed by atoms with E-state index in [1.165, 1.54) is 6.92 Å². The fraction of sp³-hybridized carbons (Fsp3) is 0.898. The highest BCUT2D eigenvalue weighted by Crippen LogP contribution is 2.76. The average molecular weight is 1220 g/mol. The zero-order valence-corrected chi connectivity index (χ0v) is 50.0. The molecular weight excluding hydrogens is 1120 g/mol. The third-order valence-electron chi connectivity index (χ3n) is 22.7. The maximum absolute atomic E-state index is 13.2. The average Bonchev–Trinajstić information content (AvgIpc) is 0.679. The summed E-state index contributed by atoms with van der Waals surface area (Å²) < 4.78 is 54.5. The second kappa shape index (κ2) is 24.3. The monoisotopic (exact) mass is 1220 g/mol. The number of carboxylic acid groups (broad SMARTS) is 1. The van der Waals surface area contributed by atoms with Gasteiger partial charge in [-0.05, 0) is 111 Å². The second-order valence-corrected chi connectivity index (χ2v) is 27.9. The predicted octanol–water partition coefficient (Wildman–Crippen LogP) is -2.01. The molecule has 15 N–H and O–H groups in total. The molecule has 8 fully saturated rings. The number of aliphatic hydroxyl groups excluding tert-OH is 14. The number of aliphatic carboxylic acids is 1. The number of ether oxygens (including phenoxy) is 9. The van der Waals surface area contributed by atoms with Gasteiger partial charge >= 0.3 is 11.9 Å². The summed E-state index contributed by atoms with van der Waals surface area (Å²) in [6, 6.07) is 0. The van der Waals surface area contributed by atoms with E-state index < -0.39 is 211 Å². The molecule has 9 aliphatic rings. The van der Waals surface area contributed by atoms with E-state index in [1.807, 2.05) is 27.7 Å². The first-order valence-electron chi connectivity index (χ1n) is 30.0. The Hall–Kier alpha value is -2.46. The van der Waals surface area contributed by atoms with Crippen molar-refractivity contribution in [3.05, 3.63) is 23.3 Å². The molecule has 0 aromatic carbocycles. The summed E-state index contributed by atoms with van der Waals surface area (Å²) in [5, 5.41) is 168. The van der Waals surface area contributed by atoms with Gasteiger partial charge in [0, 0.05) is 5.57 Å². The summed E-state index contributed by atoms with van der Waals surface area (Å²) in [6.07, 6.45) is -35.0. The highest BCUT2D eigenvalue weighted by atomic mass is 16.8. The number of hydrogen-bond donors (Lipinski definition) is 15. The third kappa shape index (κ3) is 10.9. The number of esters is 1. The van der Waals surface area contributed by atoms with Gasteiger partial charge in [-0.25, -0.2) is 9.59 Å². The van der Waals surface area contributed by atoms with Crippen LogP contribution in [0.5, 0.6) is 0 Å². The lowest BCUT2D eigenvalue weighted by Crippen LogP contribution is -2.72. The molecule has 26 heteroatoms. The maximum Gasteiger partial charge on any atom is 0.335 e. The van der Waals surface area contributed by atoms with Crippen LogP contribution in [0.25, 0.3) is 0 Å². The van der Waals surface area contributed by atoms with Gasteiger partial charge in [-0.3, -0.25) is 0 Å². The van der Waals surface area contributed by atoms with Crippen molar-refractivity contribution in [1.82, 2.24) is 0 Å². The minimum Gasteiger partial charge on any atom is -0.479 e. The van der Waals surface area contributed by atoms with Gasteiger partial charge in [0.05, 0.1) is 49.1 Å². The molecule has 0 bridgehead atoms. The van der Waals surface area contributed by atoms with Crippen LogP contribution in [0.3, 0.4) is 0 Å². The van der Waals surface area contributed by atoms with Gasteiger partial charge in [0.25, 0.3) is 0 Å². The molecule has 4 saturated carbocycles. The van der Waals surface area contributed by atoms with Crippen molar-refractivity contribution in [3.63, 3.8) is 0 Å². The second-order valence-electron chi connectivity index (χ2n) is 27.9. The zero-order valence-electron chi connectivity index (χ0n) is 50.0. The van der Waals surface area contributed by atoms with Crippen molar-refractivity contribution >= 4 is 11.9 Å². The lowest BCUT2D eigenvalue weighted by molar-refractivity contribution is -0.402. The third-order valence-corrected chi connectivity index (χ3v) is 22.7. The molecule has 0 spiro atoms. The Balaban J connectivity index is 1.03.